The molecule has 156 valence electrons. The summed E-state index contributed by atoms with van der Waals surface area (Å²) in [4.78, 5) is 2.11. The molecule has 0 amide bonds. The molecule has 1 aliphatic rings. The molecule has 0 saturated heterocycles. The summed E-state index contributed by atoms with van der Waals surface area (Å²) in [6.07, 6.45) is 0.807. The van der Waals surface area contributed by atoms with Crippen LogP contribution in [0, 0.1) is 0 Å². The highest BCUT2D eigenvalue weighted by molar-refractivity contribution is 5.53. The van der Waals surface area contributed by atoms with Crippen LogP contribution in [0.4, 0.5) is 0 Å². The number of fused-ring (bicyclic) bond motifs is 1. The zero-order valence-electron chi connectivity index (χ0n) is 17.6. The Labute approximate surface area is 177 Å². The van der Waals surface area contributed by atoms with Crippen molar-refractivity contribution in [3.8, 4) is 17.2 Å². The Morgan fingerprint density at radius 2 is 1.53 bits per heavy atom. The Hall–Kier alpha value is -3.02. The molecule has 0 aliphatic carbocycles. The molecule has 3 aromatic rings. The first-order valence-corrected chi connectivity index (χ1v) is 10.0. The smallest absolute Gasteiger partial charge is 0.171 e. The highest BCUT2D eigenvalue weighted by Gasteiger charge is 2.43. The molecule has 5 nitrogen and oxygen atoms in total. The minimum Gasteiger partial charge on any atom is -0.497 e. The summed E-state index contributed by atoms with van der Waals surface area (Å²) in [7, 11) is 4.91. The SMILES string of the molecule is COc1ccc(CN2CCc3cc(OC)c(OC)cc3C2(O)c2ccccc2)cc1. The van der Waals surface area contributed by atoms with E-state index in [1.807, 2.05) is 66.7 Å². The van der Waals surface area contributed by atoms with E-state index in [1.54, 1.807) is 21.3 Å². The molecule has 30 heavy (non-hydrogen) atoms. The molecule has 0 radical (unpaired) electrons. The van der Waals surface area contributed by atoms with Crippen molar-refractivity contribution < 1.29 is 19.3 Å². The third-order valence-electron chi connectivity index (χ3n) is 5.80. The van der Waals surface area contributed by atoms with Gasteiger partial charge in [0, 0.05) is 24.2 Å². The van der Waals surface area contributed by atoms with Crippen LogP contribution in [0.5, 0.6) is 17.2 Å². The number of nitrogens with zero attached hydrogens (tertiary/aromatic N) is 1. The first-order chi connectivity index (χ1) is 14.6. The summed E-state index contributed by atoms with van der Waals surface area (Å²) in [5.41, 5.74) is 2.53. The van der Waals surface area contributed by atoms with Gasteiger partial charge in [-0.2, -0.15) is 0 Å². The van der Waals surface area contributed by atoms with Gasteiger partial charge in [0.1, 0.15) is 5.75 Å². The normalized spacial score (nSPS) is 18.5. The zero-order chi connectivity index (χ0) is 21.1. The van der Waals surface area contributed by atoms with Crippen molar-refractivity contribution >= 4 is 0 Å². The molecule has 0 aromatic heterocycles. The van der Waals surface area contributed by atoms with Crippen LogP contribution in [0.25, 0.3) is 0 Å². The lowest BCUT2D eigenvalue weighted by atomic mass is 9.84. The van der Waals surface area contributed by atoms with E-state index in [-0.39, 0.29) is 0 Å². The molecule has 1 N–H and O–H groups in total. The Bertz CT molecular complexity index is 1000. The second-order valence-electron chi connectivity index (χ2n) is 7.42. The van der Waals surface area contributed by atoms with Gasteiger partial charge in [0.2, 0.25) is 0 Å². The van der Waals surface area contributed by atoms with Gasteiger partial charge in [0.25, 0.3) is 0 Å². The van der Waals surface area contributed by atoms with Crippen LogP contribution >= 0.6 is 0 Å². The van der Waals surface area contributed by atoms with Gasteiger partial charge in [-0.25, -0.2) is 0 Å². The van der Waals surface area contributed by atoms with Crippen molar-refractivity contribution in [3.05, 3.63) is 89.0 Å². The van der Waals surface area contributed by atoms with Gasteiger partial charge >= 0.3 is 0 Å². The molecule has 1 atom stereocenters. The van der Waals surface area contributed by atoms with Crippen LogP contribution in [0.1, 0.15) is 22.3 Å². The van der Waals surface area contributed by atoms with Crippen LogP contribution in [0.15, 0.2) is 66.7 Å². The number of hydrogen-bond acceptors (Lipinski definition) is 5. The molecule has 5 heteroatoms. The zero-order valence-corrected chi connectivity index (χ0v) is 17.6. The average molecular weight is 405 g/mol. The van der Waals surface area contributed by atoms with E-state index in [1.165, 1.54) is 0 Å². The lowest BCUT2D eigenvalue weighted by molar-refractivity contribution is -0.0938. The lowest BCUT2D eigenvalue weighted by Crippen LogP contribution is -2.51. The van der Waals surface area contributed by atoms with Gasteiger partial charge < -0.3 is 19.3 Å². The summed E-state index contributed by atoms with van der Waals surface area (Å²) in [5.74, 6) is 2.10. The summed E-state index contributed by atoms with van der Waals surface area (Å²) < 4.78 is 16.3. The maximum absolute atomic E-state index is 12.2. The fraction of sp³-hybridized carbons (Fsp3) is 0.280. The molecule has 0 bridgehead atoms. The Balaban J connectivity index is 1.81. The number of methoxy groups -OCH3 is 3. The minimum atomic E-state index is -1.28. The van der Waals surface area contributed by atoms with E-state index >= 15 is 0 Å². The van der Waals surface area contributed by atoms with Crippen molar-refractivity contribution in [2.45, 2.75) is 18.7 Å². The molecule has 4 rings (SSSR count). The van der Waals surface area contributed by atoms with E-state index in [0.29, 0.717) is 24.6 Å². The average Bonchev–Trinajstić information content (AvgIpc) is 2.81. The fourth-order valence-electron chi connectivity index (χ4n) is 4.19. The molecular weight excluding hydrogens is 378 g/mol. The molecule has 0 saturated carbocycles. The number of benzene rings is 3. The Morgan fingerprint density at radius 3 is 2.17 bits per heavy atom. The number of ether oxygens (including phenoxy) is 3. The second kappa shape index (κ2) is 8.38. The maximum Gasteiger partial charge on any atom is 0.171 e. The van der Waals surface area contributed by atoms with Crippen LogP contribution in [0.3, 0.4) is 0 Å². The van der Waals surface area contributed by atoms with Crippen molar-refractivity contribution in [1.29, 1.82) is 0 Å². The first kappa shape index (κ1) is 20.3. The molecular formula is C25H27NO4. The van der Waals surface area contributed by atoms with Gasteiger partial charge in [-0.3, -0.25) is 4.90 Å². The van der Waals surface area contributed by atoms with Crippen LogP contribution in [-0.4, -0.2) is 37.9 Å². The van der Waals surface area contributed by atoms with E-state index in [4.69, 9.17) is 14.2 Å². The Kier molecular flexibility index (Phi) is 5.66. The van der Waals surface area contributed by atoms with Crippen molar-refractivity contribution in [2.24, 2.45) is 0 Å². The molecule has 1 unspecified atom stereocenters. The minimum absolute atomic E-state index is 0.600. The predicted octanol–water partition coefficient (Wildman–Crippen LogP) is 3.96. The van der Waals surface area contributed by atoms with Gasteiger partial charge in [-0.15, -0.1) is 0 Å². The quantitative estimate of drug-likeness (QED) is 0.673. The van der Waals surface area contributed by atoms with Gasteiger partial charge in [-0.1, -0.05) is 42.5 Å². The standard InChI is InChI=1S/C25H27NO4/c1-28-21-11-9-18(10-12-21)17-26-14-13-19-15-23(29-2)24(30-3)16-22(19)25(26,27)20-7-5-4-6-8-20/h4-12,15-16,27H,13-14,17H2,1-3H3. The molecule has 1 aliphatic heterocycles. The van der Waals surface area contributed by atoms with Crippen molar-refractivity contribution in [3.63, 3.8) is 0 Å². The van der Waals surface area contributed by atoms with Gasteiger partial charge in [-0.05, 0) is 41.8 Å². The summed E-state index contributed by atoms with van der Waals surface area (Å²) in [6, 6.07) is 21.6. The highest BCUT2D eigenvalue weighted by Crippen LogP contribution is 2.44. The van der Waals surface area contributed by atoms with E-state index < -0.39 is 5.72 Å². The molecule has 1 heterocycles. The molecule has 0 spiro atoms. The lowest BCUT2D eigenvalue weighted by Gasteiger charge is -2.45. The largest absolute Gasteiger partial charge is 0.497 e. The van der Waals surface area contributed by atoms with Crippen molar-refractivity contribution in [1.82, 2.24) is 4.90 Å². The van der Waals surface area contributed by atoms with Crippen LogP contribution in [0.2, 0.25) is 0 Å². The Morgan fingerprint density at radius 1 is 0.867 bits per heavy atom. The predicted molar refractivity (Wildman–Crippen MR) is 116 cm³/mol. The topological polar surface area (TPSA) is 51.2 Å². The summed E-state index contributed by atoms with van der Waals surface area (Å²) in [6.45, 7) is 1.31. The summed E-state index contributed by atoms with van der Waals surface area (Å²) >= 11 is 0. The molecule has 0 fully saturated rings. The third-order valence-corrected chi connectivity index (χ3v) is 5.80. The number of hydrogen-bond donors (Lipinski definition) is 1. The van der Waals surface area contributed by atoms with Crippen LogP contribution in [-0.2, 0) is 18.7 Å². The third kappa shape index (κ3) is 3.51. The van der Waals surface area contributed by atoms with Gasteiger partial charge in [0.05, 0.1) is 21.3 Å². The second-order valence-corrected chi connectivity index (χ2v) is 7.42. The maximum atomic E-state index is 12.2. The monoisotopic (exact) mass is 405 g/mol. The van der Waals surface area contributed by atoms with Crippen LogP contribution < -0.4 is 14.2 Å². The van der Waals surface area contributed by atoms with E-state index in [2.05, 4.69) is 4.90 Å². The summed E-state index contributed by atoms with van der Waals surface area (Å²) in [5, 5.41) is 12.2. The first-order valence-electron chi connectivity index (χ1n) is 10.0. The molecule has 3 aromatic carbocycles. The highest BCUT2D eigenvalue weighted by atomic mass is 16.5. The fourth-order valence-corrected chi connectivity index (χ4v) is 4.19. The number of rotatable bonds is 6. The van der Waals surface area contributed by atoms with Crippen molar-refractivity contribution in [2.75, 3.05) is 27.9 Å². The number of aliphatic hydroxyl groups is 1. The van der Waals surface area contributed by atoms with E-state index in [0.717, 1.165) is 34.4 Å². The van der Waals surface area contributed by atoms with Gasteiger partial charge in [0.15, 0.2) is 17.2 Å². The van der Waals surface area contributed by atoms with E-state index in [9.17, 15) is 5.11 Å².